The molecule has 0 aliphatic carbocycles. The molecule has 0 spiro atoms. The lowest BCUT2D eigenvalue weighted by Crippen LogP contribution is -2.36. The molecule has 1 aromatic heterocycles. The molecule has 0 unspecified atom stereocenters. The van der Waals surface area contributed by atoms with Gasteiger partial charge in [-0.05, 0) is 38.3 Å². The smallest absolute Gasteiger partial charge is 0.147 e. The van der Waals surface area contributed by atoms with Crippen LogP contribution in [0.1, 0.15) is 38.8 Å². The van der Waals surface area contributed by atoms with Gasteiger partial charge in [-0.15, -0.1) is 0 Å². The van der Waals surface area contributed by atoms with Gasteiger partial charge in [0, 0.05) is 20.1 Å². The Morgan fingerprint density at radius 3 is 2.70 bits per heavy atom. The van der Waals surface area contributed by atoms with Crippen LogP contribution in [0.15, 0.2) is 0 Å². The van der Waals surface area contributed by atoms with Crippen LogP contribution in [0.2, 0.25) is 0 Å². The van der Waals surface area contributed by atoms with Crippen molar-refractivity contribution in [1.29, 1.82) is 0 Å². The summed E-state index contributed by atoms with van der Waals surface area (Å²) in [6.45, 7) is 8.97. The molecule has 5 heteroatoms. The number of hydrogen-bond donors (Lipinski definition) is 2. The Morgan fingerprint density at radius 2 is 2.05 bits per heavy atom. The van der Waals surface area contributed by atoms with Crippen molar-refractivity contribution in [2.75, 3.05) is 37.2 Å². The first kappa shape index (κ1) is 15.2. The number of hydrogen-bond acceptors (Lipinski definition) is 4. The van der Waals surface area contributed by atoms with Crippen LogP contribution < -0.4 is 11.1 Å². The summed E-state index contributed by atoms with van der Waals surface area (Å²) < 4.78 is 1.87. The van der Waals surface area contributed by atoms with Crippen LogP contribution in [-0.4, -0.2) is 40.9 Å². The van der Waals surface area contributed by atoms with Gasteiger partial charge in [-0.1, -0.05) is 20.3 Å². The molecule has 2 rings (SSSR count). The van der Waals surface area contributed by atoms with Gasteiger partial charge in [0.05, 0.1) is 11.4 Å². The van der Waals surface area contributed by atoms with Gasteiger partial charge in [0.15, 0.2) is 0 Å². The molecule has 5 nitrogen and oxygen atoms in total. The highest BCUT2D eigenvalue weighted by molar-refractivity contribution is 5.65. The van der Waals surface area contributed by atoms with E-state index in [0.717, 1.165) is 49.0 Å². The normalized spacial score (nSPS) is 17.6. The fourth-order valence-electron chi connectivity index (χ4n) is 2.85. The molecule has 1 aliphatic heterocycles. The van der Waals surface area contributed by atoms with Crippen LogP contribution in [0.3, 0.4) is 0 Å². The largest absolute Gasteiger partial charge is 0.394 e. The Kier molecular flexibility index (Phi) is 5.29. The molecule has 0 atom stereocenters. The monoisotopic (exact) mass is 279 g/mol. The summed E-state index contributed by atoms with van der Waals surface area (Å²) >= 11 is 0. The first-order valence-corrected chi connectivity index (χ1v) is 7.89. The van der Waals surface area contributed by atoms with Crippen molar-refractivity contribution in [3.63, 3.8) is 0 Å². The number of likely N-dealkylation sites (tertiary alicyclic amines) is 1. The predicted molar refractivity (Wildman–Crippen MR) is 84.9 cm³/mol. The molecule has 0 amide bonds. The maximum atomic E-state index is 6.17. The second kappa shape index (κ2) is 6.97. The Balaban J connectivity index is 1.82. The fraction of sp³-hybridized carbons (Fsp3) is 0.800. The molecular formula is C15H29N5. The van der Waals surface area contributed by atoms with Crippen LogP contribution in [0.4, 0.5) is 11.5 Å². The van der Waals surface area contributed by atoms with Gasteiger partial charge in [0.2, 0.25) is 0 Å². The van der Waals surface area contributed by atoms with Crippen LogP contribution in [0.25, 0.3) is 0 Å². The highest BCUT2D eigenvalue weighted by Crippen LogP contribution is 2.23. The number of aromatic nitrogens is 2. The summed E-state index contributed by atoms with van der Waals surface area (Å²) in [6.07, 6.45) is 4.68. The van der Waals surface area contributed by atoms with E-state index in [-0.39, 0.29) is 0 Å². The van der Waals surface area contributed by atoms with Crippen molar-refractivity contribution in [3.8, 4) is 0 Å². The molecule has 1 fully saturated rings. The van der Waals surface area contributed by atoms with Crippen LogP contribution in [0.5, 0.6) is 0 Å². The highest BCUT2D eigenvalue weighted by Gasteiger charge is 2.16. The Hall–Kier alpha value is -1.23. The average molecular weight is 279 g/mol. The molecule has 1 saturated heterocycles. The molecule has 114 valence electrons. The van der Waals surface area contributed by atoms with E-state index in [9.17, 15) is 0 Å². The minimum atomic E-state index is 0.821. The lowest BCUT2D eigenvalue weighted by molar-refractivity contribution is 0.199. The van der Waals surface area contributed by atoms with Gasteiger partial charge in [0.25, 0.3) is 0 Å². The summed E-state index contributed by atoms with van der Waals surface area (Å²) in [5.74, 6) is 1.86. The topological polar surface area (TPSA) is 59.1 Å². The molecule has 0 saturated carbocycles. The van der Waals surface area contributed by atoms with Gasteiger partial charge < -0.3 is 16.0 Å². The molecule has 2 heterocycles. The van der Waals surface area contributed by atoms with Gasteiger partial charge in [-0.3, -0.25) is 4.68 Å². The van der Waals surface area contributed by atoms with Crippen LogP contribution in [-0.2, 0) is 13.5 Å². The van der Waals surface area contributed by atoms with Gasteiger partial charge in [0.1, 0.15) is 5.82 Å². The third kappa shape index (κ3) is 3.66. The second-order valence-electron chi connectivity index (χ2n) is 6.03. The minimum absolute atomic E-state index is 0.821. The zero-order valence-electron chi connectivity index (χ0n) is 13.2. The highest BCUT2D eigenvalue weighted by atomic mass is 15.3. The molecule has 0 radical (unpaired) electrons. The van der Waals surface area contributed by atoms with Crippen LogP contribution in [0, 0.1) is 5.92 Å². The summed E-state index contributed by atoms with van der Waals surface area (Å²) in [5.41, 5.74) is 8.01. The van der Waals surface area contributed by atoms with Crippen molar-refractivity contribution in [1.82, 2.24) is 14.7 Å². The van der Waals surface area contributed by atoms with E-state index in [4.69, 9.17) is 5.73 Å². The Bertz CT molecular complexity index is 418. The molecule has 20 heavy (non-hydrogen) atoms. The molecular weight excluding hydrogens is 250 g/mol. The van der Waals surface area contributed by atoms with Gasteiger partial charge in [-0.2, -0.15) is 5.10 Å². The SMILES string of the molecule is CCCc1nn(C)c(NCCN2CCC(C)CC2)c1N. The maximum Gasteiger partial charge on any atom is 0.147 e. The number of rotatable bonds is 6. The maximum absolute atomic E-state index is 6.17. The Labute approximate surface area is 122 Å². The number of nitrogens with one attached hydrogen (secondary N) is 1. The summed E-state index contributed by atoms with van der Waals surface area (Å²) in [5, 5.41) is 7.94. The first-order chi connectivity index (χ1) is 9.61. The molecule has 1 aromatic rings. The third-order valence-electron chi connectivity index (χ3n) is 4.24. The first-order valence-electron chi connectivity index (χ1n) is 7.89. The summed E-state index contributed by atoms with van der Waals surface area (Å²) in [7, 11) is 1.96. The fourth-order valence-corrected chi connectivity index (χ4v) is 2.85. The van der Waals surface area contributed by atoms with E-state index < -0.39 is 0 Å². The van der Waals surface area contributed by atoms with E-state index in [1.807, 2.05) is 11.7 Å². The molecule has 0 bridgehead atoms. The summed E-state index contributed by atoms with van der Waals surface area (Å²) in [6, 6.07) is 0. The number of nitrogens with two attached hydrogens (primary N) is 1. The number of nitrogen functional groups attached to an aromatic ring is 1. The number of piperidine rings is 1. The molecule has 0 aromatic carbocycles. The van der Waals surface area contributed by atoms with E-state index in [1.165, 1.54) is 25.9 Å². The van der Waals surface area contributed by atoms with E-state index in [1.54, 1.807) is 0 Å². The average Bonchev–Trinajstić information content (AvgIpc) is 2.69. The minimum Gasteiger partial charge on any atom is -0.394 e. The van der Waals surface area contributed by atoms with Crippen molar-refractivity contribution < 1.29 is 0 Å². The predicted octanol–water partition coefficient (Wildman–Crippen LogP) is 2.10. The Morgan fingerprint density at radius 1 is 1.35 bits per heavy atom. The van der Waals surface area contributed by atoms with Gasteiger partial charge >= 0.3 is 0 Å². The number of nitrogens with zero attached hydrogens (tertiary/aromatic N) is 3. The van der Waals surface area contributed by atoms with Crippen molar-refractivity contribution >= 4 is 11.5 Å². The van der Waals surface area contributed by atoms with Crippen molar-refractivity contribution in [3.05, 3.63) is 5.69 Å². The quantitative estimate of drug-likeness (QED) is 0.837. The lowest BCUT2D eigenvalue weighted by atomic mass is 9.99. The van der Waals surface area contributed by atoms with E-state index in [0.29, 0.717) is 0 Å². The third-order valence-corrected chi connectivity index (χ3v) is 4.24. The lowest BCUT2D eigenvalue weighted by Gasteiger charge is -2.30. The summed E-state index contributed by atoms with van der Waals surface area (Å²) in [4.78, 5) is 2.53. The van der Waals surface area contributed by atoms with Gasteiger partial charge in [-0.25, -0.2) is 0 Å². The van der Waals surface area contributed by atoms with E-state index in [2.05, 4.69) is 29.2 Å². The van der Waals surface area contributed by atoms with Crippen LogP contribution >= 0.6 is 0 Å². The zero-order valence-corrected chi connectivity index (χ0v) is 13.2. The van der Waals surface area contributed by atoms with Crippen molar-refractivity contribution in [2.24, 2.45) is 13.0 Å². The van der Waals surface area contributed by atoms with E-state index >= 15 is 0 Å². The van der Waals surface area contributed by atoms with Crippen molar-refractivity contribution in [2.45, 2.75) is 39.5 Å². The second-order valence-corrected chi connectivity index (χ2v) is 6.03. The zero-order chi connectivity index (χ0) is 14.5. The molecule has 3 N–H and O–H groups in total. The molecule has 1 aliphatic rings. The number of aryl methyl sites for hydroxylation is 2. The standard InChI is InChI=1S/C15H29N5/c1-4-5-13-14(16)15(19(3)18-13)17-8-11-20-9-6-12(2)7-10-20/h12,17H,4-11,16H2,1-3H3. The number of anilines is 2.